The first-order valence-corrected chi connectivity index (χ1v) is 11.1. The summed E-state index contributed by atoms with van der Waals surface area (Å²) < 4.78 is 14.2. The van der Waals surface area contributed by atoms with Gasteiger partial charge in [0.25, 0.3) is 0 Å². The first-order chi connectivity index (χ1) is 14.7. The van der Waals surface area contributed by atoms with Gasteiger partial charge < -0.3 is 0 Å². The average molecular weight is 411 g/mol. The molecule has 4 aromatic rings. The Morgan fingerprint density at radius 1 is 0.613 bits per heavy atom. The van der Waals surface area contributed by atoms with E-state index in [0.29, 0.717) is 0 Å². The highest BCUT2D eigenvalue weighted by molar-refractivity contribution is 5.94. The minimum absolute atomic E-state index is 0.0959. The fraction of sp³-hybridized carbons (Fsp3) is 0.267. The van der Waals surface area contributed by atoms with E-state index >= 15 is 0 Å². The van der Waals surface area contributed by atoms with Crippen LogP contribution in [0.4, 0.5) is 4.39 Å². The Morgan fingerprint density at radius 2 is 1.32 bits per heavy atom. The molecule has 31 heavy (non-hydrogen) atoms. The molecule has 0 unspecified atom stereocenters. The zero-order chi connectivity index (χ0) is 22.3. The van der Waals surface area contributed by atoms with Crippen LogP contribution in [0.2, 0.25) is 0 Å². The highest BCUT2D eigenvalue weighted by Crippen LogP contribution is 2.33. The third kappa shape index (κ3) is 4.14. The molecule has 0 aromatic heterocycles. The molecule has 1 heteroatoms. The molecule has 0 saturated carbocycles. The minimum Gasteiger partial charge on any atom is -0.207 e. The highest BCUT2D eigenvalue weighted by Gasteiger charge is 2.13. The Balaban J connectivity index is 1.72. The van der Waals surface area contributed by atoms with E-state index < -0.39 is 0 Å². The van der Waals surface area contributed by atoms with Gasteiger partial charge in [-0.1, -0.05) is 48.0 Å². The van der Waals surface area contributed by atoms with E-state index in [1.165, 1.54) is 49.7 Å². The van der Waals surface area contributed by atoms with Gasteiger partial charge in [0.2, 0.25) is 0 Å². The topological polar surface area (TPSA) is 0 Å². The van der Waals surface area contributed by atoms with Gasteiger partial charge in [0, 0.05) is 0 Å². The van der Waals surface area contributed by atoms with E-state index in [1.54, 1.807) is 6.07 Å². The maximum Gasteiger partial charge on any atom is 0.126 e. The van der Waals surface area contributed by atoms with Crippen molar-refractivity contribution in [1.29, 1.82) is 0 Å². The predicted molar refractivity (Wildman–Crippen MR) is 132 cm³/mol. The zero-order valence-electron chi connectivity index (χ0n) is 19.5. The van der Waals surface area contributed by atoms with Crippen LogP contribution < -0.4 is 0 Å². The fourth-order valence-electron chi connectivity index (χ4n) is 4.81. The average Bonchev–Trinajstić information content (AvgIpc) is 2.71. The molecule has 0 N–H and O–H groups in total. The van der Waals surface area contributed by atoms with Crippen molar-refractivity contribution in [1.82, 2.24) is 0 Å². The van der Waals surface area contributed by atoms with E-state index in [-0.39, 0.29) is 5.82 Å². The lowest BCUT2D eigenvalue weighted by atomic mass is 9.88. The van der Waals surface area contributed by atoms with Crippen molar-refractivity contribution in [3.63, 3.8) is 0 Å². The molecule has 0 heterocycles. The van der Waals surface area contributed by atoms with Gasteiger partial charge in [0.05, 0.1) is 0 Å². The van der Waals surface area contributed by atoms with Gasteiger partial charge in [-0.3, -0.25) is 0 Å². The lowest BCUT2D eigenvalue weighted by molar-refractivity contribution is 0.614. The lowest BCUT2D eigenvalue weighted by Crippen LogP contribution is -2.01. The molecule has 0 aliphatic carbocycles. The molecular formula is C30H31F. The van der Waals surface area contributed by atoms with E-state index in [0.717, 1.165) is 29.5 Å². The maximum absolute atomic E-state index is 14.2. The van der Waals surface area contributed by atoms with Crippen molar-refractivity contribution in [2.24, 2.45) is 0 Å². The molecule has 0 nitrogen and oxygen atoms in total. The summed E-state index contributed by atoms with van der Waals surface area (Å²) in [6.45, 7) is 12.6. The monoisotopic (exact) mass is 410 g/mol. The van der Waals surface area contributed by atoms with Crippen LogP contribution in [0.15, 0.2) is 54.6 Å². The molecule has 0 bridgehead atoms. The fourth-order valence-corrected chi connectivity index (χ4v) is 4.81. The van der Waals surface area contributed by atoms with Gasteiger partial charge >= 0.3 is 0 Å². The van der Waals surface area contributed by atoms with E-state index in [2.05, 4.69) is 76.2 Å². The van der Waals surface area contributed by atoms with E-state index in [4.69, 9.17) is 0 Å². The smallest absolute Gasteiger partial charge is 0.126 e. The molecule has 0 aliphatic heterocycles. The minimum atomic E-state index is -0.0959. The van der Waals surface area contributed by atoms with Gasteiger partial charge in [0.1, 0.15) is 5.82 Å². The molecular weight excluding hydrogens is 379 g/mol. The molecule has 0 spiro atoms. The van der Waals surface area contributed by atoms with Gasteiger partial charge in [-0.15, -0.1) is 0 Å². The summed E-state index contributed by atoms with van der Waals surface area (Å²) in [7, 11) is 0. The first kappa shape index (κ1) is 21.3. The zero-order valence-corrected chi connectivity index (χ0v) is 19.5. The maximum atomic E-state index is 14.2. The number of hydrogen-bond acceptors (Lipinski definition) is 0. The van der Waals surface area contributed by atoms with Gasteiger partial charge in [-0.2, -0.15) is 0 Å². The first-order valence-electron chi connectivity index (χ1n) is 11.1. The Labute approximate surface area is 185 Å². The molecule has 158 valence electrons. The molecule has 0 amide bonds. The van der Waals surface area contributed by atoms with Gasteiger partial charge in [0.15, 0.2) is 0 Å². The van der Waals surface area contributed by atoms with Crippen LogP contribution >= 0.6 is 0 Å². The van der Waals surface area contributed by atoms with Crippen molar-refractivity contribution in [2.75, 3.05) is 0 Å². The number of hydrogen-bond donors (Lipinski definition) is 0. The van der Waals surface area contributed by atoms with E-state index in [9.17, 15) is 4.39 Å². The van der Waals surface area contributed by atoms with Crippen LogP contribution in [0.25, 0.3) is 21.9 Å². The molecule has 0 aliphatic rings. The summed E-state index contributed by atoms with van der Waals surface area (Å²) in [5, 5.41) is 2.65. The predicted octanol–water partition coefficient (Wildman–Crippen LogP) is 8.28. The van der Waals surface area contributed by atoms with Crippen LogP contribution in [0, 0.1) is 47.4 Å². The van der Waals surface area contributed by atoms with Crippen molar-refractivity contribution in [3.8, 4) is 11.1 Å². The number of halogens is 1. The van der Waals surface area contributed by atoms with Crippen molar-refractivity contribution >= 4 is 10.8 Å². The van der Waals surface area contributed by atoms with Crippen molar-refractivity contribution in [2.45, 2.75) is 54.4 Å². The molecule has 4 aromatic carbocycles. The molecule has 0 atom stereocenters. The van der Waals surface area contributed by atoms with Crippen LogP contribution in [0.5, 0.6) is 0 Å². The third-order valence-electron chi connectivity index (χ3n) is 6.75. The van der Waals surface area contributed by atoms with Crippen molar-refractivity contribution in [3.05, 3.63) is 105 Å². The summed E-state index contributed by atoms with van der Waals surface area (Å²) >= 11 is 0. The molecule has 0 fully saturated rings. The quantitative estimate of drug-likeness (QED) is 0.317. The van der Waals surface area contributed by atoms with Crippen LogP contribution in [-0.2, 0) is 12.8 Å². The lowest BCUT2D eigenvalue weighted by Gasteiger charge is -2.17. The molecule has 4 rings (SSSR count). The Bertz CT molecular complexity index is 1250. The SMILES string of the molecule is Cc1ccc(-c2cc(C)c3c(C)c(CCc4cc(C)c(C)c(F)c4)c(C)cc3c2)cc1. The summed E-state index contributed by atoms with van der Waals surface area (Å²) in [5.41, 5.74) is 12.0. The number of benzene rings is 4. The van der Waals surface area contributed by atoms with Crippen LogP contribution in [0.1, 0.15) is 44.5 Å². The Kier molecular flexibility index (Phi) is 5.71. The van der Waals surface area contributed by atoms with E-state index in [1.807, 2.05) is 13.8 Å². The molecule has 0 saturated heterocycles. The summed E-state index contributed by atoms with van der Waals surface area (Å²) in [4.78, 5) is 0. The second kappa shape index (κ2) is 8.30. The summed E-state index contributed by atoms with van der Waals surface area (Å²) in [5.74, 6) is -0.0959. The standard InChI is InChI=1S/C30H31F/c1-18-7-10-25(11-8-18)26-15-21(4)30-23(6)28(20(3)14-27(30)17-26)12-9-24-13-19(2)22(5)29(31)16-24/h7-8,10-11,13-17H,9,12H2,1-6H3. The van der Waals surface area contributed by atoms with Crippen molar-refractivity contribution < 1.29 is 4.39 Å². The van der Waals surface area contributed by atoms with Crippen LogP contribution in [-0.4, -0.2) is 0 Å². The van der Waals surface area contributed by atoms with Gasteiger partial charge in [-0.25, -0.2) is 4.39 Å². The number of rotatable bonds is 4. The Hall–Kier alpha value is -2.93. The third-order valence-corrected chi connectivity index (χ3v) is 6.75. The highest BCUT2D eigenvalue weighted by atomic mass is 19.1. The second-order valence-corrected chi connectivity index (χ2v) is 9.07. The molecule has 0 radical (unpaired) electrons. The largest absolute Gasteiger partial charge is 0.207 e. The summed E-state index contributed by atoms with van der Waals surface area (Å²) in [6.07, 6.45) is 1.78. The Morgan fingerprint density at radius 3 is 2.00 bits per heavy atom. The summed E-state index contributed by atoms with van der Waals surface area (Å²) in [6, 6.07) is 19.5. The number of aryl methyl sites for hydroxylation is 6. The number of fused-ring (bicyclic) bond motifs is 1. The second-order valence-electron chi connectivity index (χ2n) is 9.07. The van der Waals surface area contributed by atoms with Crippen LogP contribution in [0.3, 0.4) is 0 Å². The van der Waals surface area contributed by atoms with Gasteiger partial charge in [-0.05, 0) is 127 Å². The normalized spacial score (nSPS) is 11.3.